The number of nitrogens with zero attached hydrogens (tertiary/aromatic N) is 1. The Balaban J connectivity index is 1.98. The predicted octanol–water partition coefficient (Wildman–Crippen LogP) is 3.06. The van der Waals surface area contributed by atoms with Crippen molar-refractivity contribution in [3.8, 4) is 0 Å². The molecule has 2 unspecified atom stereocenters. The fraction of sp³-hybridized carbons (Fsp3) is 0.600. The second kappa shape index (κ2) is 3.05. The molecule has 0 bridgehead atoms. The van der Waals surface area contributed by atoms with E-state index in [2.05, 4.69) is 36.1 Å². The standard InChI is InChI=1S/C15H19NO/c1-14-8-4-5-9-15(14)10-17-11-16(15)13-7-3-2-6-12(13)14/h2-3,6-7H,4-5,8-11H2,1H3. The molecule has 1 saturated carbocycles. The van der Waals surface area contributed by atoms with E-state index >= 15 is 0 Å². The summed E-state index contributed by atoms with van der Waals surface area (Å²) in [5, 5.41) is 0. The van der Waals surface area contributed by atoms with Gasteiger partial charge in [0, 0.05) is 11.1 Å². The monoisotopic (exact) mass is 229 g/mol. The molecular weight excluding hydrogens is 210 g/mol. The Bertz CT molecular complexity index is 472. The minimum absolute atomic E-state index is 0.259. The lowest BCUT2D eigenvalue weighted by Gasteiger charge is -2.47. The maximum Gasteiger partial charge on any atom is 0.119 e. The summed E-state index contributed by atoms with van der Waals surface area (Å²) >= 11 is 0. The molecule has 2 atom stereocenters. The second-order valence-electron chi connectivity index (χ2n) is 5.99. The number of fused-ring (bicyclic) bond motifs is 3. The van der Waals surface area contributed by atoms with E-state index < -0.39 is 0 Å². The van der Waals surface area contributed by atoms with E-state index in [0.29, 0.717) is 5.41 Å². The Labute approximate surface area is 103 Å². The third-order valence-electron chi connectivity index (χ3n) is 5.41. The fourth-order valence-electron chi connectivity index (χ4n) is 4.44. The Morgan fingerprint density at radius 1 is 1.18 bits per heavy atom. The highest BCUT2D eigenvalue weighted by molar-refractivity contribution is 5.67. The summed E-state index contributed by atoms with van der Waals surface area (Å²) in [6, 6.07) is 8.96. The van der Waals surface area contributed by atoms with Gasteiger partial charge in [-0.3, -0.25) is 0 Å². The molecule has 0 aromatic heterocycles. The molecule has 1 aromatic rings. The van der Waals surface area contributed by atoms with Crippen LogP contribution in [0.5, 0.6) is 0 Å². The third kappa shape index (κ3) is 0.971. The van der Waals surface area contributed by atoms with Crippen molar-refractivity contribution in [1.29, 1.82) is 0 Å². The second-order valence-corrected chi connectivity index (χ2v) is 5.99. The van der Waals surface area contributed by atoms with Crippen LogP contribution in [0, 0.1) is 0 Å². The van der Waals surface area contributed by atoms with Crippen molar-refractivity contribution in [2.24, 2.45) is 0 Å². The lowest BCUT2D eigenvalue weighted by molar-refractivity contribution is 0.118. The Morgan fingerprint density at radius 2 is 2.00 bits per heavy atom. The number of rotatable bonds is 0. The van der Waals surface area contributed by atoms with Crippen LogP contribution in [0.15, 0.2) is 24.3 Å². The number of ether oxygens (including phenoxy) is 1. The van der Waals surface area contributed by atoms with Crippen molar-refractivity contribution in [2.75, 3.05) is 18.2 Å². The first-order chi connectivity index (χ1) is 8.28. The molecule has 1 aliphatic carbocycles. The molecule has 2 aliphatic heterocycles. The van der Waals surface area contributed by atoms with Gasteiger partial charge in [-0.05, 0) is 24.5 Å². The van der Waals surface area contributed by atoms with Gasteiger partial charge in [0.15, 0.2) is 0 Å². The van der Waals surface area contributed by atoms with E-state index in [0.717, 1.165) is 13.3 Å². The van der Waals surface area contributed by atoms with Gasteiger partial charge in [0.25, 0.3) is 0 Å². The van der Waals surface area contributed by atoms with E-state index in [4.69, 9.17) is 4.74 Å². The molecule has 1 aromatic carbocycles. The zero-order chi connectivity index (χ0) is 11.5. The molecule has 0 amide bonds. The third-order valence-corrected chi connectivity index (χ3v) is 5.41. The SMILES string of the molecule is CC12CCCCC13COCN3c1ccccc12. The molecule has 2 heteroatoms. The Hall–Kier alpha value is -1.02. The number of hydrogen-bond acceptors (Lipinski definition) is 2. The number of anilines is 1. The van der Waals surface area contributed by atoms with Crippen molar-refractivity contribution >= 4 is 5.69 Å². The summed E-state index contributed by atoms with van der Waals surface area (Å²) in [6.07, 6.45) is 5.31. The van der Waals surface area contributed by atoms with Crippen LogP contribution in [0.25, 0.3) is 0 Å². The summed E-state index contributed by atoms with van der Waals surface area (Å²) in [5.41, 5.74) is 3.55. The van der Waals surface area contributed by atoms with Crippen molar-refractivity contribution in [1.82, 2.24) is 0 Å². The fourth-order valence-corrected chi connectivity index (χ4v) is 4.44. The minimum atomic E-state index is 0.259. The van der Waals surface area contributed by atoms with Crippen LogP contribution in [0.1, 0.15) is 38.2 Å². The molecule has 4 rings (SSSR count). The van der Waals surface area contributed by atoms with E-state index in [-0.39, 0.29) is 5.54 Å². The highest BCUT2D eigenvalue weighted by Gasteiger charge is 2.62. The van der Waals surface area contributed by atoms with Crippen molar-refractivity contribution in [3.63, 3.8) is 0 Å². The van der Waals surface area contributed by atoms with Crippen LogP contribution >= 0.6 is 0 Å². The molecule has 90 valence electrons. The average molecular weight is 229 g/mol. The molecule has 2 heterocycles. The van der Waals surface area contributed by atoms with Crippen LogP contribution in [-0.4, -0.2) is 18.9 Å². The van der Waals surface area contributed by atoms with Gasteiger partial charge in [0.1, 0.15) is 6.73 Å². The van der Waals surface area contributed by atoms with Crippen molar-refractivity contribution in [3.05, 3.63) is 29.8 Å². The summed E-state index contributed by atoms with van der Waals surface area (Å²) < 4.78 is 5.82. The zero-order valence-corrected chi connectivity index (χ0v) is 10.4. The van der Waals surface area contributed by atoms with E-state index in [9.17, 15) is 0 Å². The summed E-state index contributed by atoms with van der Waals surface area (Å²) in [7, 11) is 0. The van der Waals surface area contributed by atoms with Crippen LogP contribution < -0.4 is 4.90 Å². The van der Waals surface area contributed by atoms with Crippen LogP contribution in [0.2, 0.25) is 0 Å². The lowest BCUT2D eigenvalue weighted by atomic mass is 9.61. The highest BCUT2D eigenvalue weighted by atomic mass is 16.5. The maximum atomic E-state index is 5.82. The number of benzene rings is 1. The first-order valence-corrected chi connectivity index (χ1v) is 6.73. The number of hydrogen-bond donors (Lipinski definition) is 0. The molecule has 1 spiro atoms. The van der Waals surface area contributed by atoms with Crippen molar-refractivity contribution in [2.45, 2.75) is 43.6 Å². The zero-order valence-electron chi connectivity index (χ0n) is 10.4. The maximum absolute atomic E-state index is 5.82. The number of para-hydroxylation sites is 1. The average Bonchev–Trinajstić information content (AvgIpc) is 2.85. The van der Waals surface area contributed by atoms with Gasteiger partial charge in [-0.25, -0.2) is 0 Å². The largest absolute Gasteiger partial charge is 0.359 e. The molecule has 17 heavy (non-hydrogen) atoms. The summed E-state index contributed by atoms with van der Waals surface area (Å²) in [4.78, 5) is 2.54. The van der Waals surface area contributed by atoms with Crippen LogP contribution in [0.3, 0.4) is 0 Å². The smallest absolute Gasteiger partial charge is 0.119 e. The minimum Gasteiger partial charge on any atom is -0.359 e. The van der Waals surface area contributed by atoms with Crippen LogP contribution in [-0.2, 0) is 10.2 Å². The van der Waals surface area contributed by atoms with Gasteiger partial charge < -0.3 is 9.64 Å². The van der Waals surface area contributed by atoms with E-state index in [1.807, 2.05) is 0 Å². The predicted molar refractivity (Wildman–Crippen MR) is 68.3 cm³/mol. The first-order valence-electron chi connectivity index (χ1n) is 6.73. The summed E-state index contributed by atoms with van der Waals surface area (Å²) in [6.45, 7) is 4.16. The molecule has 0 N–H and O–H groups in total. The quantitative estimate of drug-likeness (QED) is 0.678. The molecule has 1 saturated heterocycles. The molecular formula is C15H19NO. The normalized spacial score (nSPS) is 38.8. The van der Waals surface area contributed by atoms with E-state index in [1.54, 1.807) is 5.56 Å². The van der Waals surface area contributed by atoms with Gasteiger partial charge in [-0.15, -0.1) is 0 Å². The van der Waals surface area contributed by atoms with Gasteiger partial charge in [0.05, 0.1) is 12.1 Å². The van der Waals surface area contributed by atoms with Crippen LogP contribution in [0.4, 0.5) is 5.69 Å². The first kappa shape index (κ1) is 9.95. The van der Waals surface area contributed by atoms with Gasteiger partial charge >= 0.3 is 0 Å². The van der Waals surface area contributed by atoms with Gasteiger partial charge in [-0.1, -0.05) is 38.0 Å². The lowest BCUT2D eigenvalue weighted by Crippen LogP contribution is -2.57. The summed E-state index contributed by atoms with van der Waals surface area (Å²) in [5.74, 6) is 0. The van der Waals surface area contributed by atoms with Gasteiger partial charge in [0.2, 0.25) is 0 Å². The molecule has 2 nitrogen and oxygen atoms in total. The highest BCUT2D eigenvalue weighted by Crippen LogP contribution is 2.59. The topological polar surface area (TPSA) is 12.5 Å². The van der Waals surface area contributed by atoms with Gasteiger partial charge in [-0.2, -0.15) is 0 Å². The molecule has 0 radical (unpaired) electrons. The van der Waals surface area contributed by atoms with E-state index in [1.165, 1.54) is 31.4 Å². The molecule has 3 aliphatic rings. The Morgan fingerprint density at radius 3 is 2.94 bits per heavy atom. The van der Waals surface area contributed by atoms with Crippen molar-refractivity contribution < 1.29 is 4.74 Å². The Kier molecular flexibility index (Phi) is 1.79. The molecule has 2 fully saturated rings.